The number of hydrogen-bond acceptors (Lipinski definition) is 4. The molecule has 1 aromatic carbocycles. The summed E-state index contributed by atoms with van der Waals surface area (Å²) in [6.07, 6.45) is 6.29. The summed E-state index contributed by atoms with van der Waals surface area (Å²) in [5.41, 5.74) is 0.999. The van der Waals surface area contributed by atoms with Crippen molar-refractivity contribution in [2.45, 2.75) is 37.7 Å². The van der Waals surface area contributed by atoms with E-state index in [4.69, 9.17) is 10.00 Å². The largest absolute Gasteiger partial charge is 0.371 e. The molecule has 26 heavy (non-hydrogen) atoms. The molecule has 0 saturated carbocycles. The average Bonchev–Trinajstić information content (AvgIpc) is 2.67. The molecule has 5 heteroatoms. The van der Waals surface area contributed by atoms with Gasteiger partial charge in [0.25, 0.3) is 5.91 Å². The van der Waals surface area contributed by atoms with E-state index >= 15 is 0 Å². The molecule has 138 valence electrons. The minimum atomic E-state index is -0.124. The first kappa shape index (κ1) is 17.5. The molecule has 0 radical (unpaired) electrons. The van der Waals surface area contributed by atoms with Crippen LogP contribution in [0.25, 0.3) is 0 Å². The minimum Gasteiger partial charge on any atom is -0.371 e. The quantitative estimate of drug-likeness (QED) is 0.838. The van der Waals surface area contributed by atoms with Gasteiger partial charge in [0.05, 0.1) is 31.3 Å². The average molecular weight is 353 g/mol. The molecular formula is C21H27N3O2. The Morgan fingerprint density at radius 3 is 2.77 bits per heavy atom. The smallest absolute Gasteiger partial charge is 0.254 e. The lowest BCUT2D eigenvalue weighted by molar-refractivity contribution is -0.168. The Bertz CT molecular complexity index is 689. The van der Waals surface area contributed by atoms with Gasteiger partial charge in [-0.05, 0) is 62.9 Å². The van der Waals surface area contributed by atoms with Crippen LogP contribution in [0.1, 0.15) is 48.0 Å². The summed E-state index contributed by atoms with van der Waals surface area (Å²) in [5.74, 6) is 0.641. The van der Waals surface area contributed by atoms with Crippen LogP contribution in [-0.4, -0.2) is 60.6 Å². The summed E-state index contributed by atoms with van der Waals surface area (Å²) in [7, 11) is 0. The van der Waals surface area contributed by atoms with Gasteiger partial charge in [-0.1, -0.05) is 12.5 Å². The summed E-state index contributed by atoms with van der Waals surface area (Å²) in [5, 5.41) is 9.00. The first-order valence-corrected chi connectivity index (χ1v) is 9.83. The number of carbonyl (C=O) groups excluding carboxylic acids is 1. The lowest BCUT2D eigenvalue weighted by atomic mass is 9.82. The number of piperidine rings is 1. The second kappa shape index (κ2) is 7.38. The number of likely N-dealkylation sites (tertiary alicyclic amines) is 2. The third-order valence-corrected chi connectivity index (χ3v) is 6.08. The molecule has 1 aromatic rings. The number of hydrogen-bond donors (Lipinski definition) is 0. The van der Waals surface area contributed by atoms with E-state index in [1.807, 2.05) is 4.90 Å². The third kappa shape index (κ3) is 3.62. The molecule has 1 amide bonds. The summed E-state index contributed by atoms with van der Waals surface area (Å²) >= 11 is 0. The molecule has 3 heterocycles. The van der Waals surface area contributed by atoms with E-state index in [1.165, 1.54) is 45.3 Å². The Labute approximate surface area is 155 Å². The van der Waals surface area contributed by atoms with E-state index in [1.54, 1.807) is 24.3 Å². The third-order valence-electron chi connectivity index (χ3n) is 6.08. The molecular weight excluding hydrogens is 326 g/mol. The fraction of sp³-hybridized carbons (Fsp3) is 0.619. The second-order valence-corrected chi connectivity index (χ2v) is 8.11. The number of ether oxygens (including phenoxy) is 1. The topological polar surface area (TPSA) is 56.6 Å². The van der Waals surface area contributed by atoms with Gasteiger partial charge in [0.1, 0.15) is 5.60 Å². The van der Waals surface area contributed by atoms with Crippen LogP contribution in [0.2, 0.25) is 0 Å². The lowest BCUT2D eigenvalue weighted by Crippen LogP contribution is -2.66. The molecule has 1 spiro atoms. The number of rotatable bonds is 3. The highest BCUT2D eigenvalue weighted by atomic mass is 16.5. The Kier molecular flexibility index (Phi) is 4.97. The highest BCUT2D eigenvalue weighted by Crippen LogP contribution is 2.37. The first-order chi connectivity index (χ1) is 12.7. The van der Waals surface area contributed by atoms with Crippen molar-refractivity contribution < 1.29 is 9.53 Å². The molecule has 3 aliphatic rings. The van der Waals surface area contributed by atoms with Crippen molar-refractivity contribution in [2.75, 3.05) is 39.3 Å². The van der Waals surface area contributed by atoms with Crippen molar-refractivity contribution in [1.82, 2.24) is 9.80 Å². The maximum absolute atomic E-state index is 12.6. The zero-order valence-corrected chi connectivity index (χ0v) is 15.3. The summed E-state index contributed by atoms with van der Waals surface area (Å²) in [4.78, 5) is 17.0. The van der Waals surface area contributed by atoms with E-state index in [-0.39, 0.29) is 11.5 Å². The molecule has 0 aliphatic carbocycles. The maximum Gasteiger partial charge on any atom is 0.254 e. The standard InChI is InChI=1S/C21H27N3O2/c22-12-17-5-4-6-19(11-17)20(25)24-15-21(16-24)8-7-18(14-26-21)13-23-9-2-1-3-10-23/h4-6,11,18H,1-3,7-10,13-16H2. The normalized spacial score (nSPS) is 25.5. The molecule has 5 nitrogen and oxygen atoms in total. The van der Waals surface area contributed by atoms with E-state index in [9.17, 15) is 4.79 Å². The second-order valence-electron chi connectivity index (χ2n) is 8.11. The van der Waals surface area contributed by atoms with Gasteiger partial charge in [-0.2, -0.15) is 5.26 Å². The minimum absolute atomic E-state index is 0.00626. The predicted octanol–water partition coefficient (Wildman–Crippen LogP) is 2.67. The number of benzene rings is 1. The number of carbonyl (C=O) groups is 1. The van der Waals surface area contributed by atoms with Gasteiger partial charge in [0, 0.05) is 12.1 Å². The molecule has 1 unspecified atom stereocenters. The van der Waals surface area contributed by atoms with Crippen LogP contribution in [-0.2, 0) is 4.74 Å². The van der Waals surface area contributed by atoms with Crippen LogP contribution in [0.15, 0.2) is 24.3 Å². The Morgan fingerprint density at radius 1 is 1.27 bits per heavy atom. The molecule has 3 saturated heterocycles. The van der Waals surface area contributed by atoms with Crippen molar-refractivity contribution in [1.29, 1.82) is 5.26 Å². The van der Waals surface area contributed by atoms with Crippen molar-refractivity contribution in [3.63, 3.8) is 0 Å². The Morgan fingerprint density at radius 2 is 2.08 bits per heavy atom. The maximum atomic E-state index is 12.6. The monoisotopic (exact) mass is 353 g/mol. The van der Waals surface area contributed by atoms with E-state index < -0.39 is 0 Å². The van der Waals surface area contributed by atoms with Crippen LogP contribution in [0, 0.1) is 17.2 Å². The summed E-state index contributed by atoms with van der Waals surface area (Å²) in [6, 6.07) is 9.04. The van der Waals surface area contributed by atoms with E-state index in [0.717, 1.165) is 13.0 Å². The molecule has 0 bridgehead atoms. The predicted molar refractivity (Wildman–Crippen MR) is 98.8 cm³/mol. The fourth-order valence-electron chi connectivity index (χ4n) is 4.52. The van der Waals surface area contributed by atoms with Gasteiger partial charge in [-0.25, -0.2) is 0 Å². The van der Waals surface area contributed by atoms with Crippen molar-refractivity contribution in [3.8, 4) is 6.07 Å². The van der Waals surface area contributed by atoms with Gasteiger partial charge in [-0.15, -0.1) is 0 Å². The molecule has 0 aromatic heterocycles. The van der Waals surface area contributed by atoms with Crippen LogP contribution in [0.5, 0.6) is 0 Å². The van der Waals surface area contributed by atoms with Crippen LogP contribution >= 0.6 is 0 Å². The SMILES string of the molecule is N#Cc1cccc(C(=O)N2CC3(CCC(CN4CCCCC4)CO3)C2)c1. The highest BCUT2D eigenvalue weighted by Gasteiger charge is 2.48. The van der Waals surface area contributed by atoms with Crippen molar-refractivity contribution >= 4 is 5.91 Å². The highest BCUT2D eigenvalue weighted by molar-refractivity contribution is 5.95. The number of nitrogens with zero attached hydrogens (tertiary/aromatic N) is 3. The zero-order chi connectivity index (χ0) is 18.0. The fourth-order valence-corrected chi connectivity index (χ4v) is 4.52. The van der Waals surface area contributed by atoms with Gasteiger partial charge in [0.15, 0.2) is 0 Å². The zero-order valence-electron chi connectivity index (χ0n) is 15.3. The van der Waals surface area contributed by atoms with Crippen molar-refractivity contribution in [3.05, 3.63) is 35.4 Å². The van der Waals surface area contributed by atoms with Crippen LogP contribution in [0.4, 0.5) is 0 Å². The lowest BCUT2D eigenvalue weighted by Gasteiger charge is -2.53. The van der Waals surface area contributed by atoms with Gasteiger partial charge >= 0.3 is 0 Å². The Balaban J connectivity index is 1.26. The summed E-state index contributed by atoms with van der Waals surface area (Å²) in [6.45, 7) is 5.83. The van der Waals surface area contributed by atoms with E-state index in [2.05, 4.69) is 11.0 Å². The van der Waals surface area contributed by atoms with Gasteiger partial charge < -0.3 is 14.5 Å². The van der Waals surface area contributed by atoms with Crippen molar-refractivity contribution in [2.24, 2.45) is 5.92 Å². The van der Waals surface area contributed by atoms with Crippen LogP contribution in [0.3, 0.4) is 0 Å². The number of nitriles is 1. The number of amides is 1. The first-order valence-electron chi connectivity index (χ1n) is 9.83. The van der Waals surface area contributed by atoms with Crippen LogP contribution < -0.4 is 0 Å². The van der Waals surface area contributed by atoms with Gasteiger partial charge in [-0.3, -0.25) is 4.79 Å². The molecule has 0 N–H and O–H groups in total. The molecule has 4 rings (SSSR count). The molecule has 3 fully saturated rings. The van der Waals surface area contributed by atoms with E-state index in [0.29, 0.717) is 30.1 Å². The summed E-state index contributed by atoms with van der Waals surface area (Å²) < 4.78 is 6.24. The van der Waals surface area contributed by atoms with Gasteiger partial charge in [0.2, 0.25) is 0 Å². The Hall–Kier alpha value is -1.90. The molecule has 1 atom stereocenters. The molecule has 3 aliphatic heterocycles.